The number of rotatable bonds is 9. The van der Waals surface area contributed by atoms with Crippen LogP contribution in [0.15, 0.2) is 96.1 Å². The lowest BCUT2D eigenvalue weighted by Crippen LogP contribution is -2.42. The Kier molecular flexibility index (Phi) is 9.39. The van der Waals surface area contributed by atoms with Gasteiger partial charge in [-0.3, -0.25) is 29.8 Å². The average molecular weight is 725 g/mol. The third-order valence-corrected chi connectivity index (χ3v) is 11.3. The van der Waals surface area contributed by atoms with E-state index in [-0.39, 0.29) is 34.1 Å². The van der Waals surface area contributed by atoms with E-state index in [9.17, 15) is 19.2 Å². The molecule has 54 heavy (non-hydrogen) atoms. The molecule has 10 nitrogen and oxygen atoms in total. The zero-order chi connectivity index (χ0) is 38.5. The van der Waals surface area contributed by atoms with Crippen LogP contribution in [0.2, 0.25) is 0 Å². The molecule has 6 N–H and O–H groups in total. The summed E-state index contributed by atoms with van der Waals surface area (Å²) >= 11 is 0. The number of hydrogen-bond acceptors (Lipinski definition) is 8. The molecule has 0 radical (unpaired) electrons. The Balaban J connectivity index is 1.44. The van der Waals surface area contributed by atoms with Gasteiger partial charge in [-0.2, -0.15) is 0 Å². The molecule has 4 amide bonds. The van der Waals surface area contributed by atoms with Gasteiger partial charge in [0.05, 0.1) is 11.1 Å². The summed E-state index contributed by atoms with van der Waals surface area (Å²) in [5.74, 6) is -0.458. The summed E-state index contributed by atoms with van der Waals surface area (Å²) in [4.78, 5) is 56.4. The molecule has 1 saturated carbocycles. The number of amides is 4. The van der Waals surface area contributed by atoms with Crippen LogP contribution in [-0.4, -0.2) is 23.6 Å². The number of aryl methyl sites for hydroxylation is 2. The molecule has 1 fully saturated rings. The fraction of sp³-hybridized carbons (Fsp3) is 0.273. The maximum absolute atomic E-state index is 14.2. The number of carbonyl (C=O) groups is 4. The van der Waals surface area contributed by atoms with Gasteiger partial charge in [-0.25, -0.2) is 0 Å². The Labute approximate surface area is 314 Å². The van der Waals surface area contributed by atoms with Gasteiger partial charge in [0.2, 0.25) is 0 Å². The molecule has 0 spiro atoms. The van der Waals surface area contributed by atoms with Gasteiger partial charge >= 0.3 is 0 Å². The number of ether oxygens (including phenoxy) is 2. The SMILES string of the molecule is Cc1cccc(C2=C(C3CC(C(C)C)CCC3(C)C3=C(c4cccc(C)c4Oc4ccc(N)cc4)C(=O)NC3=O)C(=O)NC2=O)c1Oc1ccc(N)cc1. The van der Waals surface area contributed by atoms with Crippen LogP contribution in [-0.2, 0) is 19.2 Å². The summed E-state index contributed by atoms with van der Waals surface area (Å²) in [7, 11) is 0. The van der Waals surface area contributed by atoms with Gasteiger partial charge in [0.1, 0.15) is 23.0 Å². The minimum absolute atomic E-state index is 0.177. The Morgan fingerprint density at radius 1 is 0.667 bits per heavy atom. The largest absolute Gasteiger partial charge is 0.456 e. The molecule has 2 aliphatic heterocycles. The fourth-order valence-corrected chi connectivity index (χ4v) is 8.28. The molecule has 1 aliphatic carbocycles. The van der Waals surface area contributed by atoms with Gasteiger partial charge in [-0.15, -0.1) is 0 Å². The number of nitrogen functional groups attached to an aromatic ring is 2. The Morgan fingerprint density at radius 2 is 1.15 bits per heavy atom. The second-order valence-electron chi connectivity index (χ2n) is 15.1. The molecule has 3 atom stereocenters. The lowest BCUT2D eigenvalue weighted by molar-refractivity contribution is -0.126. The van der Waals surface area contributed by atoms with E-state index < -0.39 is 35.0 Å². The minimum atomic E-state index is -1.05. The van der Waals surface area contributed by atoms with Crippen molar-refractivity contribution in [3.05, 3.63) is 118 Å². The molecule has 0 aromatic heterocycles. The van der Waals surface area contributed by atoms with Crippen molar-refractivity contribution >= 4 is 46.1 Å². The van der Waals surface area contributed by atoms with Crippen LogP contribution >= 0.6 is 0 Å². The summed E-state index contributed by atoms with van der Waals surface area (Å²) in [6.07, 6.45) is 1.75. The molecule has 4 aromatic rings. The van der Waals surface area contributed by atoms with Crippen LogP contribution in [0.1, 0.15) is 62.3 Å². The number of nitrogens with two attached hydrogens (primary N) is 2. The molecule has 0 bridgehead atoms. The average Bonchev–Trinajstić information content (AvgIpc) is 3.60. The van der Waals surface area contributed by atoms with Crippen LogP contribution in [0.3, 0.4) is 0 Å². The quantitative estimate of drug-likeness (QED) is 0.101. The monoisotopic (exact) mass is 724 g/mol. The summed E-state index contributed by atoms with van der Waals surface area (Å²) in [5.41, 5.74) is 15.3. The highest BCUT2D eigenvalue weighted by molar-refractivity contribution is 6.38. The summed E-state index contributed by atoms with van der Waals surface area (Å²) in [6, 6.07) is 24.8. The zero-order valence-electron chi connectivity index (χ0n) is 31.0. The first kappa shape index (κ1) is 36.2. The van der Waals surface area contributed by atoms with Gasteiger partial charge < -0.3 is 20.9 Å². The Hall–Kier alpha value is -6.16. The van der Waals surface area contributed by atoms with E-state index in [1.54, 1.807) is 60.7 Å². The van der Waals surface area contributed by atoms with E-state index in [2.05, 4.69) is 24.5 Å². The highest BCUT2D eigenvalue weighted by Crippen LogP contribution is 2.57. The van der Waals surface area contributed by atoms with Crippen LogP contribution in [0.5, 0.6) is 23.0 Å². The van der Waals surface area contributed by atoms with Gasteiger partial charge in [0.15, 0.2) is 0 Å². The van der Waals surface area contributed by atoms with Crippen LogP contribution in [0.25, 0.3) is 11.1 Å². The molecule has 7 rings (SSSR count). The predicted octanol–water partition coefficient (Wildman–Crippen LogP) is 7.65. The molecular weight excluding hydrogens is 681 g/mol. The van der Waals surface area contributed by atoms with Gasteiger partial charge in [0, 0.05) is 45.0 Å². The molecule has 2 heterocycles. The smallest absolute Gasteiger partial charge is 0.259 e. The van der Waals surface area contributed by atoms with Gasteiger partial charge in [-0.05, 0) is 105 Å². The highest BCUT2D eigenvalue weighted by Gasteiger charge is 2.54. The number of benzene rings is 4. The Bertz CT molecular complexity index is 2270. The van der Waals surface area contributed by atoms with Crippen molar-refractivity contribution in [1.82, 2.24) is 10.6 Å². The number of nitrogens with one attached hydrogen (secondary N) is 2. The van der Waals surface area contributed by atoms with Gasteiger partial charge in [-0.1, -0.05) is 57.2 Å². The molecule has 0 saturated heterocycles. The number of imide groups is 2. The maximum Gasteiger partial charge on any atom is 0.259 e. The molecule has 3 unspecified atom stereocenters. The van der Waals surface area contributed by atoms with Crippen molar-refractivity contribution in [3.63, 3.8) is 0 Å². The van der Waals surface area contributed by atoms with Crippen molar-refractivity contribution in [1.29, 1.82) is 0 Å². The third-order valence-electron chi connectivity index (χ3n) is 11.3. The highest BCUT2D eigenvalue weighted by atomic mass is 16.5. The summed E-state index contributed by atoms with van der Waals surface area (Å²) < 4.78 is 12.8. The van der Waals surface area contributed by atoms with E-state index in [1.165, 1.54) is 0 Å². The van der Waals surface area contributed by atoms with Crippen molar-refractivity contribution in [2.75, 3.05) is 11.5 Å². The second kappa shape index (κ2) is 14.0. The van der Waals surface area contributed by atoms with E-state index in [0.29, 0.717) is 58.3 Å². The third kappa shape index (κ3) is 6.42. The van der Waals surface area contributed by atoms with E-state index in [4.69, 9.17) is 20.9 Å². The first-order valence-electron chi connectivity index (χ1n) is 18.2. The van der Waals surface area contributed by atoms with Crippen molar-refractivity contribution < 1.29 is 28.7 Å². The molecular formula is C44H44N4O6. The number of carbonyl (C=O) groups excluding carboxylic acids is 4. The van der Waals surface area contributed by atoms with Crippen molar-refractivity contribution in [2.45, 2.75) is 53.9 Å². The standard InChI is InChI=1S/C44H44N4O6/c1-23(2)26-20-21-44(5,37-35(41(50)48-43(37)52)32-11-7-9-25(4)39(32)54-30-18-14-28(46)15-19-30)33(22-26)36-34(40(49)47-42(36)51)31-10-6-8-24(3)38(31)53-29-16-12-27(45)13-17-29/h6-19,23,26,33H,20-22,45-46H2,1-5H3,(H,47,49,51)(H,48,50,52). The maximum atomic E-state index is 14.2. The summed E-state index contributed by atoms with van der Waals surface area (Å²) in [5, 5.41) is 5.15. The molecule has 3 aliphatic rings. The minimum Gasteiger partial charge on any atom is -0.456 e. The topological polar surface area (TPSA) is 163 Å². The van der Waals surface area contributed by atoms with Gasteiger partial charge in [0.25, 0.3) is 23.6 Å². The summed E-state index contributed by atoms with van der Waals surface area (Å²) in [6.45, 7) is 9.98. The Morgan fingerprint density at radius 3 is 1.67 bits per heavy atom. The number of anilines is 2. The lowest BCUT2D eigenvalue weighted by atomic mass is 9.56. The van der Waals surface area contributed by atoms with E-state index >= 15 is 0 Å². The van der Waals surface area contributed by atoms with Crippen molar-refractivity contribution in [3.8, 4) is 23.0 Å². The first-order chi connectivity index (χ1) is 25.8. The normalized spacial score (nSPS) is 21.5. The van der Waals surface area contributed by atoms with Crippen molar-refractivity contribution in [2.24, 2.45) is 23.2 Å². The van der Waals surface area contributed by atoms with E-state index in [0.717, 1.165) is 17.5 Å². The lowest BCUT2D eigenvalue weighted by Gasteiger charge is -2.46. The van der Waals surface area contributed by atoms with Crippen LogP contribution < -0.4 is 31.6 Å². The molecule has 276 valence electrons. The van der Waals surface area contributed by atoms with Crippen LogP contribution in [0.4, 0.5) is 11.4 Å². The fourth-order valence-electron chi connectivity index (χ4n) is 8.28. The number of hydrogen-bond donors (Lipinski definition) is 4. The first-order valence-corrected chi connectivity index (χ1v) is 18.2. The zero-order valence-corrected chi connectivity index (χ0v) is 31.0. The van der Waals surface area contributed by atoms with Crippen LogP contribution in [0, 0.1) is 37.0 Å². The van der Waals surface area contributed by atoms with E-state index in [1.807, 2.05) is 45.0 Å². The second-order valence-corrected chi connectivity index (χ2v) is 15.1. The molecule has 4 aromatic carbocycles. The molecule has 10 heteroatoms. The predicted molar refractivity (Wildman–Crippen MR) is 208 cm³/mol. The number of para-hydroxylation sites is 2.